The highest BCUT2D eigenvalue weighted by Gasteiger charge is 2.20. The Morgan fingerprint density at radius 3 is 2.18 bits per heavy atom. The maximum atomic E-state index is 2.44. The molecule has 1 unspecified atom stereocenters. The van der Waals surface area contributed by atoms with Gasteiger partial charge in [-0.3, -0.25) is 0 Å². The normalized spacial score (nSPS) is 19.4. The Hall–Kier alpha value is -0.660. The summed E-state index contributed by atoms with van der Waals surface area (Å²) >= 11 is 0. The average Bonchev–Trinajstić information content (AvgIpc) is 2.69. The molecule has 1 rings (SSSR count). The first kappa shape index (κ1) is 14.4. The standard InChI is InChI=1S/C15H30N2/c1-4-6-7-8-9-10-11-12-15-16(3)13-14-17(15)5-2/h13-15H,4-12H2,1-3H3. The third-order valence-electron chi connectivity index (χ3n) is 3.78. The van der Waals surface area contributed by atoms with Crippen LogP contribution in [-0.2, 0) is 0 Å². The maximum absolute atomic E-state index is 2.44. The Bertz CT molecular complexity index is 213. The van der Waals surface area contributed by atoms with E-state index in [0.717, 1.165) is 6.54 Å². The van der Waals surface area contributed by atoms with Gasteiger partial charge >= 0.3 is 0 Å². The molecule has 0 amide bonds. The third-order valence-corrected chi connectivity index (χ3v) is 3.78. The van der Waals surface area contributed by atoms with Gasteiger partial charge in [-0.2, -0.15) is 0 Å². The largest absolute Gasteiger partial charge is 0.359 e. The zero-order valence-electron chi connectivity index (χ0n) is 12.0. The minimum Gasteiger partial charge on any atom is -0.359 e. The highest BCUT2D eigenvalue weighted by Crippen LogP contribution is 2.19. The van der Waals surface area contributed by atoms with Gasteiger partial charge in [0.05, 0.1) is 0 Å². The van der Waals surface area contributed by atoms with Gasteiger partial charge in [-0.15, -0.1) is 0 Å². The van der Waals surface area contributed by atoms with Crippen molar-refractivity contribution in [2.45, 2.75) is 71.4 Å². The fourth-order valence-electron chi connectivity index (χ4n) is 2.59. The van der Waals surface area contributed by atoms with Gasteiger partial charge in [-0.05, 0) is 19.8 Å². The second-order valence-corrected chi connectivity index (χ2v) is 5.18. The zero-order valence-corrected chi connectivity index (χ0v) is 12.0. The molecule has 0 fully saturated rings. The van der Waals surface area contributed by atoms with Gasteiger partial charge in [-0.25, -0.2) is 0 Å². The van der Waals surface area contributed by atoms with Gasteiger partial charge < -0.3 is 9.80 Å². The number of unbranched alkanes of at least 4 members (excludes halogenated alkanes) is 6. The van der Waals surface area contributed by atoms with Crippen LogP contribution in [0.3, 0.4) is 0 Å². The second-order valence-electron chi connectivity index (χ2n) is 5.18. The predicted octanol–water partition coefficient (Wildman–Crippen LogP) is 4.19. The fourth-order valence-corrected chi connectivity index (χ4v) is 2.59. The number of nitrogens with zero attached hydrogens (tertiary/aromatic N) is 2. The van der Waals surface area contributed by atoms with E-state index in [2.05, 4.69) is 43.1 Å². The van der Waals surface area contributed by atoms with Gasteiger partial charge in [-0.1, -0.05) is 45.4 Å². The van der Waals surface area contributed by atoms with Crippen molar-refractivity contribution >= 4 is 0 Å². The number of hydrogen-bond donors (Lipinski definition) is 0. The molecule has 0 aromatic rings. The van der Waals surface area contributed by atoms with Crippen LogP contribution < -0.4 is 0 Å². The third kappa shape index (κ3) is 5.01. The molecule has 0 bridgehead atoms. The first-order valence-electron chi connectivity index (χ1n) is 7.45. The lowest BCUT2D eigenvalue weighted by atomic mass is 10.1. The molecule has 0 spiro atoms. The van der Waals surface area contributed by atoms with Crippen molar-refractivity contribution in [3.63, 3.8) is 0 Å². The van der Waals surface area contributed by atoms with Crippen molar-refractivity contribution in [3.8, 4) is 0 Å². The molecule has 1 heterocycles. The Kier molecular flexibility index (Phi) is 7.14. The molecule has 1 atom stereocenters. The van der Waals surface area contributed by atoms with Gasteiger partial charge in [0.15, 0.2) is 0 Å². The highest BCUT2D eigenvalue weighted by molar-refractivity contribution is 4.94. The topological polar surface area (TPSA) is 6.48 Å². The van der Waals surface area contributed by atoms with Crippen molar-refractivity contribution in [2.24, 2.45) is 0 Å². The van der Waals surface area contributed by atoms with E-state index in [1.54, 1.807) is 0 Å². The molecule has 2 heteroatoms. The summed E-state index contributed by atoms with van der Waals surface area (Å²) in [6.07, 6.45) is 16.2. The van der Waals surface area contributed by atoms with Gasteiger partial charge in [0, 0.05) is 26.0 Å². The van der Waals surface area contributed by atoms with E-state index in [4.69, 9.17) is 0 Å². The highest BCUT2D eigenvalue weighted by atomic mass is 15.4. The van der Waals surface area contributed by atoms with Crippen molar-refractivity contribution in [1.82, 2.24) is 9.80 Å². The SMILES string of the molecule is CCCCCCCCCC1N(C)C=CN1CC. The van der Waals surface area contributed by atoms with Crippen LogP contribution in [-0.4, -0.2) is 29.6 Å². The molecule has 17 heavy (non-hydrogen) atoms. The summed E-state index contributed by atoms with van der Waals surface area (Å²) in [5.74, 6) is 0. The quantitative estimate of drug-likeness (QED) is 0.556. The summed E-state index contributed by atoms with van der Waals surface area (Å²) in [5, 5.41) is 0. The molecule has 0 N–H and O–H groups in total. The second kappa shape index (κ2) is 8.43. The average molecular weight is 238 g/mol. The maximum Gasteiger partial charge on any atom is 0.100 e. The van der Waals surface area contributed by atoms with Crippen molar-refractivity contribution in [3.05, 3.63) is 12.4 Å². The first-order chi connectivity index (χ1) is 8.29. The van der Waals surface area contributed by atoms with Crippen LogP contribution in [0.1, 0.15) is 65.2 Å². The molecular weight excluding hydrogens is 208 g/mol. The summed E-state index contributed by atoms with van der Waals surface area (Å²) in [6.45, 7) is 5.64. The molecule has 0 saturated heterocycles. The van der Waals surface area contributed by atoms with Crippen LogP contribution >= 0.6 is 0 Å². The van der Waals surface area contributed by atoms with Crippen LogP contribution in [0.25, 0.3) is 0 Å². The Morgan fingerprint density at radius 1 is 0.882 bits per heavy atom. The van der Waals surface area contributed by atoms with Crippen molar-refractivity contribution in [1.29, 1.82) is 0 Å². The van der Waals surface area contributed by atoms with E-state index in [1.165, 1.54) is 51.4 Å². The van der Waals surface area contributed by atoms with E-state index < -0.39 is 0 Å². The molecule has 0 saturated carbocycles. The summed E-state index contributed by atoms with van der Waals surface area (Å²) in [5.41, 5.74) is 0. The Labute approximate surface area is 108 Å². The molecular formula is C15H30N2. The van der Waals surface area contributed by atoms with Crippen LogP contribution in [0.4, 0.5) is 0 Å². The summed E-state index contributed by atoms with van der Waals surface area (Å²) in [6, 6.07) is 0. The van der Waals surface area contributed by atoms with Gasteiger partial charge in [0.1, 0.15) is 6.17 Å². The lowest BCUT2D eigenvalue weighted by Crippen LogP contribution is -2.36. The first-order valence-corrected chi connectivity index (χ1v) is 7.45. The number of rotatable bonds is 9. The molecule has 0 radical (unpaired) electrons. The lowest BCUT2D eigenvalue weighted by molar-refractivity contribution is 0.167. The molecule has 0 aliphatic carbocycles. The summed E-state index contributed by atoms with van der Waals surface area (Å²) in [7, 11) is 2.19. The molecule has 0 aromatic carbocycles. The molecule has 0 aromatic heterocycles. The summed E-state index contributed by atoms with van der Waals surface area (Å²) < 4.78 is 0. The number of hydrogen-bond acceptors (Lipinski definition) is 2. The van der Waals surface area contributed by atoms with Crippen LogP contribution in [0.5, 0.6) is 0 Å². The van der Waals surface area contributed by atoms with Crippen LogP contribution in [0.2, 0.25) is 0 Å². The smallest absolute Gasteiger partial charge is 0.100 e. The zero-order chi connectivity index (χ0) is 12.5. The minimum atomic E-state index is 0.621. The Morgan fingerprint density at radius 2 is 1.53 bits per heavy atom. The van der Waals surface area contributed by atoms with Crippen LogP contribution in [0.15, 0.2) is 12.4 Å². The lowest BCUT2D eigenvalue weighted by Gasteiger charge is -2.29. The van der Waals surface area contributed by atoms with E-state index in [1.807, 2.05) is 0 Å². The van der Waals surface area contributed by atoms with Gasteiger partial charge in [0.25, 0.3) is 0 Å². The fraction of sp³-hybridized carbons (Fsp3) is 0.867. The van der Waals surface area contributed by atoms with E-state index >= 15 is 0 Å². The van der Waals surface area contributed by atoms with Crippen LogP contribution in [0, 0.1) is 0 Å². The van der Waals surface area contributed by atoms with Crippen molar-refractivity contribution in [2.75, 3.05) is 13.6 Å². The Balaban J connectivity index is 2.02. The molecule has 1 aliphatic heterocycles. The molecule has 2 nitrogen and oxygen atoms in total. The predicted molar refractivity (Wildman–Crippen MR) is 75.7 cm³/mol. The minimum absolute atomic E-state index is 0.621. The van der Waals surface area contributed by atoms with E-state index in [-0.39, 0.29) is 0 Å². The molecule has 1 aliphatic rings. The van der Waals surface area contributed by atoms with Crippen molar-refractivity contribution < 1.29 is 0 Å². The van der Waals surface area contributed by atoms with E-state index in [9.17, 15) is 0 Å². The monoisotopic (exact) mass is 238 g/mol. The van der Waals surface area contributed by atoms with E-state index in [0.29, 0.717) is 6.17 Å². The van der Waals surface area contributed by atoms with Gasteiger partial charge in [0.2, 0.25) is 0 Å². The molecule has 100 valence electrons. The summed E-state index contributed by atoms with van der Waals surface area (Å²) in [4.78, 5) is 4.79.